The fourth-order valence-electron chi connectivity index (χ4n) is 7.40. The van der Waals surface area contributed by atoms with E-state index in [2.05, 4.69) is 30.8 Å². The molecule has 3 aliphatic heterocycles. The van der Waals surface area contributed by atoms with E-state index in [9.17, 15) is 19.2 Å². The molecule has 2 aromatic carbocycles. The average molecular weight is 685 g/mol. The summed E-state index contributed by atoms with van der Waals surface area (Å²) < 4.78 is 2.02. The number of aromatic nitrogens is 4. The van der Waals surface area contributed by atoms with Crippen molar-refractivity contribution >= 4 is 46.5 Å². The minimum absolute atomic E-state index is 0.0318. The van der Waals surface area contributed by atoms with E-state index in [1.807, 2.05) is 40.9 Å². The first-order valence-electron chi connectivity index (χ1n) is 17.1. The van der Waals surface area contributed by atoms with Gasteiger partial charge in [-0.2, -0.15) is 0 Å². The molecule has 0 aliphatic carbocycles. The third-order valence-electron chi connectivity index (χ3n) is 9.90. The van der Waals surface area contributed by atoms with Crippen LogP contribution in [-0.2, 0) is 16.1 Å². The Morgan fingerprint density at radius 1 is 0.961 bits per heavy atom. The monoisotopic (exact) mass is 684 g/mol. The number of nitrogens with two attached hydrogens (primary N) is 1. The molecule has 5 N–H and O–H groups in total. The summed E-state index contributed by atoms with van der Waals surface area (Å²) in [5.41, 5.74) is 11.5. The minimum atomic E-state index is -0.658. The number of nitrogens with zero attached hydrogens (tertiary/aromatic N) is 6. The second-order valence-electron chi connectivity index (χ2n) is 12.9. The van der Waals surface area contributed by atoms with Crippen LogP contribution in [0.3, 0.4) is 0 Å². The highest BCUT2D eigenvalue weighted by atomic mass is 16.2. The van der Waals surface area contributed by atoms with Gasteiger partial charge in [0.15, 0.2) is 0 Å². The third-order valence-corrected chi connectivity index (χ3v) is 9.90. The van der Waals surface area contributed by atoms with Crippen LogP contribution in [0.5, 0.6) is 0 Å². The predicted octanol–water partition coefficient (Wildman–Crippen LogP) is 3.64. The van der Waals surface area contributed by atoms with Crippen molar-refractivity contribution in [3.05, 3.63) is 102 Å². The molecule has 8 rings (SSSR count). The van der Waals surface area contributed by atoms with E-state index in [1.54, 1.807) is 47.6 Å². The van der Waals surface area contributed by atoms with E-state index in [0.717, 1.165) is 48.6 Å². The van der Waals surface area contributed by atoms with E-state index in [1.165, 1.54) is 0 Å². The molecule has 258 valence electrons. The van der Waals surface area contributed by atoms with Crippen molar-refractivity contribution in [3.63, 3.8) is 0 Å². The summed E-state index contributed by atoms with van der Waals surface area (Å²) in [6.07, 6.45) is 7.66. The Balaban J connectivity index is 0.981. The molecule has 0 saturated carbocycles. The zero-order valence-electron chi connectivity index (χ0n) is 27.7. The normalized spacial score (nSPS) is 19.0. The average Bonchev–Trinajstić information content (AvgIpc) is 3.85. The lowest BCUT2D eigenvalue weighted by atomic mass is 10.0. The van der Waals surface area contributed by atoms with Gasteiger partial charge in [-0.05, 0) is 62.2 Å². The summed E-state index contributed by atoms with van der Waals surface area (Å²) in [6, 6.07) is 17.6. The number of carbonyl (C=O) groups excluding carboxylic acids is 4. The molecular weight excluding hydrogens is 648 g/mol. The molecule has 5 aromatic rings. The number of hydrogen-bond acceptors (Lipinski definition) is 10. The number of rotatable bonds is 9. The summed E-state index contributed by atoms with van der Waals surface area (Å²) in [5.74, 6) is 0.538. The molecular formula is C37H36N10O4. The number of anilines is 3. The molecule has 0 radical (unpaired) electrons. The number of nitrogen functional groups attached to an aromatic ring is 1. The summed E-state index contributed by atoms with van der Waals surface area (Å²) >= 11 is 0. The van der Waals surface area contributed by atoms with Gasteiger partial charge in [0, 0.05) is 72.6 Å². The Kier molecular flexibility index (Phi) is 8.36. The van der Waals surface area contributed by atoms with Gasteiger partial charge in [0.2, 0.25) is 11.8 Å². The lowest BCUT2D eigenvalue weighted by Crippen LogP contribution is -2.52. The van der Waals surface area contributed by atoms with E-state index < -0.39 is 11.9 Å². The Morgan fingerprint density at radius 3 is 2.63 bits per heavy atom. The number of piperidine rings is 1. The summed E-state index contributed by atoms with van der Waals surface area (Å²) in [5, 5.41) is 8.72. The lowest BCUT2D eigenvalue weighted by Gasteiger charge is -2.29. The van der Waals surface area contributed by atoms with Crippen molar-refractivity contribution in [3.8, 4) is 11.3 Å². The molecule has 2 saturated heterocycles. The van der Waals surface area contributed by atoms with E-state index in [0.29, 0.717) is 53.5 Å². The molecule has 3 aromatic heterocycles. The lowest BCUT2D eigenvalue weighted by molar-refractivity contribution is -0.136. The number of pyridine rings is 1. The van der Waals surface area contributed by atoms with Gasteiger partial charge >= 0.3 is 0 Å². The van der Waals surface area contributed by atoms with Crippen molar-refractivity contribution in [2.24, 2.45) is 0 Å². The highest BCUT2D eigenvalue weighted by Crippen LogP contribution is 2.37. The number of hydrogen-bond donors (Lipinski definition) is 4. The number of likely N-dealkylation sites (tertiary alicyclic amines) is 1. The van der Waals surface area contributed by atoms with Crippen LogP contribution < -0.4 is 21.7 Å². The number of carbonyl (C=O) groups is 4. The maximum absolute atomic E-state index is 13.3. The molecule has 2 fully saturated rings. The van der Waals surface area contributed by atoms with Gasteiger partial charge in [0.25, 0.3) is 11.8 Å². The van der Waals surface area contributed by atoms with Crippen molar-refractivity contribution in [1.82, 2.24) is 34.5 Å². The Bertz CT molecular complexity index is 2170. The molecule has 3 aliphatic rings. The Labute approximate surface area is 293 Å². The number of amides is 4. The molecule has 2 atom stereocenters. The van der Waals surface area contributed by atoms with Gasteiger partial charge in [0.05, 0.1) is 6.04 Å². The van der Waals surface area contributed by atoms with E-state index in [-0.39, 0.29) is 30.2 Å². The highest BCUT2D eigenvalue weighted by molar-refractivity contribution is 6.06. The fourth-order valence-corrected chi connectivity index (χ4v) is 7.40. The zero-order valence-corrected chi connectivity index (χ0v) is 27.7. The molecule has 14 heteroatoms. The van der Waals surface area contributed by atoms with Crippen LogP contribution in [-0.4, -0.2) is 78.5 Å². The van der Waals surface area contributed by atoms with Crippen LogP contribution in [0, 0.1) is 0 Å². The number of fused-ring (bicyclic) bond motifs is 2. The molecule has 14 nitrogen and oxygen atoms in total. The second kappa shape index (κ2) is 13.3. The molecule has 0 bridgehead atoms. The van der Waals surface area contributed by atoms with Crippen molar-refractivity contribution in [2.45, 2.75) is 44.3 Å². The largest absolute Gasteiger partial charge is 0.383 e. The number of nitrogens with one attached hydrogen (secondary N) is 3. The molecule has 6 heterocycles. The van der Waals surface area contributed by atoms with Crippen molar-refractivity contribution in [1.29, 1.82) is 0 Å². The zero-order chi connectivity index (χ0) is 35.1. The number of imide groups is 1. The van der Waals surface area contributed by atoms with Gasteiger partial charge in [-0.3, -0.25) is 33.8 Å². The van der Waals surface area contributed by atoms with Crippen molar-refractivity contribution in [2.75, 3.05) is 36.0 Å². The molecule has 1 unspecified atom stereocenters. The maximum atomic E-state index is 13.3. The fraction of sp³-hybridized carbons (Fsp3) is 0.270. The number of imidazole rings is 1. The quantitative estimate of drug-likeness (QED) is 0.168. The van der Waals surface area contributed by atoms with Crippen LogP contribution in [0.25, 0.3) is 16.8 Å². The first-order valence-corrected chi connectivity index (χ1v) is 17.1. The van der Waals surface area contributed by atoms with Crippen molar-refractivity contribution < 1.29 is 19.2 Å². The van der Waals surface area contributed by atoms with Crippen LogP contribution in [0.2, 0.25) is 0 Å². The van der Waals surface area contributed by atoms with Gasteiger partial charge in [-0.25, -0.2) is 15.0 Å². The summed E-state index contributed by atoms with van der Waals surface area (Å²) in [6.45, 7) is 2.56. The predicted molar refractivity (Wildman–Crippen MR) is 190 cm³/mol. The van der Waals surface area contributed by atoms with Gasteiger partial charge < -0.3 is 21.3 Å². The smallest absolute Gasteiger partial charge is 0.256 e. The number of benzene rings is 2. The van der Waals surface area contributed by atoms with E-state index in [4.69, 9.17) is 10.7 Å². The van der Waals surface area contributed by atoms with E-state index >= 15 is 0 Å². The topological polar surface area (TPSA) is 180 Å². The highest BCUT2D eigenvalue weighted by Gasteiger charge is 2.40. The van der Waals surface area contributed by atoms with Crippen LogP contribution in [0.4, 0.5) is 17.3 Å². The van der Waals surface area contributed by atoms with Crippen LogP contribution >= 0.6 is 0 Å². The Hall–Kier alpha value is -6.15. The summed E-state index contributed by atoms with van der Waals surface area (Å²) in [7, 11) is 0. The molecule has 0 spiro atoms. The first kappa shape index (κ1) is 32.1. The standard InChI is InChI=1S/C37H36N10O4/c38-33-32-31(22-9-11-23(12-10-22)35(49)42-29-8-1-2-15-40-29)44-34(46(32)20-17-41-33)27-7-4-18-45(27)19-16-39-26-6-3-5-24-25(26)21-47(37(24)51)28-13-14-30(48)43-36(28)50/h1-3,5-6,8-12,15,17,20,27-28,39H,4,7,13-14,16,18-19,21H2,(H2,38,41)(H,40,42,49)(H,43,48,50)/t27-,28?/m0/s1. The third kappa shape index (κ3) is 6.03. The Morgan fingerprint density at radius 2 is 1.82 bits per heavy atom. The SMILES string of the molecule is Nc1nccn2c([C@@H]3CCCN3CCNc3cccc4c3CN(C3CCC(=O)NC3=O)C4=O)nc(-c3ccc(C(=O)Nc4ccccn4)cc3)c12. The van der Waals surface area contributed by atoms with Crippen LogP contribution in [0.1, 0.15) is 63.8 Å². The first-order chi connectivity index (χ1) is 24.9. The van der Waals surface area contributed by atoms with Gasteiger partial charge in [-0.1, -0.05) is 24.3 Å². The molecule has 51 heavy (non-hydrogen) atoms. The van der Waals surface area contributed by atoms with Gasteiger partial charge in [-0.15, -0.1) is 0 Å². The maximum Gasteiger partial charge on any atom is 0.256 e. The van der Waals surface area contributed by atoms with Gasteiger partial charge in [0.1, 0.15) is 34.7 Å². The summed E-state index contributed by atoms with van der Waals surface area (Å²) in [4.78, 5) is 68.0. The van der Waals surface area contributed by atoms with Crippen LogP contribution in [0.15, 0.2) is 79.3 Å². The molecule has 4 amide bonds. The minimum Gasteiger partial charge on any atom is -0.383 e. The second-order valence-corrected chi connectivity index (χ2v) is 12.9.